The maximum Gasteiger partial charge on any atom is 0.349 e. The van der Waals surface area contributed by atoms with E-state index in [0.717, 1.165) is 12.0 Å². The molecule has 17 heavy (non-hydrogen) atoms. The molecule has 4 heteroatoms. The zero-order valence-corrected chi connectivity index (χ0v) is 9.77. The van der Waals surface area contributed by atoms with Crippen LogP contribution < -0.4 is 0 Å². The maximum atomic E-state index is 11.7. The van der Waals surface area contributed by atoms with Gasteiger partial charge in [-0.2, -0.15) is 0 Å². The van der Waals surface area contributed by atoms with Gasteiger partial charge in [-0.3, -0.25) is 4.79 Å². The summed E-state index contributed by atoms with van der Waals surface area (Å²) < 4.78 is 4.73. The van der Waals surface area contributed by atoms with E-state index in [2.05, 4.69) is 0 Å². The van der Waals surface area contributed by atoms with Crippen LogP contribution in [0.1, 0.15) is 29.3 Å². The van der Waals surface area contributed by atoms with Crippen molar-refractivity contribution in [3.63, 3.8) is 0 Å². The van der Waals surface area contributed by atoms with Gasteiger partial charge in [0.1, 0.15) is 11.3 Å². The highest BCUT2D eigenvalue weighted by Crippen LogP contribution is 2.38. The summed E-state index contributed by atoms with van der Waals surface area (Å²) in [7, 11) is 0. The molecule has 0 aliphatic heterocycles. The molecule has 4 nitrogen and oxygen atoms in total. The molecule has 0 amide bonds. The Balaban J connectivity index is 2.09. The van der Waals surface area contributed by atoms with Crippen molar-refractivity contribution >= 4 is 11.9 Å². The number of ether oxygens (including phenoxy) is 1. The summed E-state index contributed by atoms with van der Waals surface area (Å²) in [6.07, 6.45) is 0.770. The van der Waals surface area contributed by atoms with Gasteiger partial charge in [-0.1, -0.05) is 18.6 Å². The van der Waals surface area contributed by atoms with Crippen LogP contribution in [0.4, 0.5) is 0 Å². The van der Waals surface area contributed by atoms with Gasteiger partial charge in [0.2, 0.25) is 0 Å². The zero-order valence-electron chi connectivity index (χ0n) is 9.77. The van der Waals surface area contributed by atoms with Crippen LogP contribution in [0.3, 0.4) is 0 Å². The molecule has 90 valence electrons. The molecule has 0 spiro atoms. The number of hydrogen-bond acceptors (Lipinski definition) is 4. The SMILES string of the molecule is Cc1ccc(O)c(C(=O)OC(=O)C2CC2C)c1. The molecule has 2 unspecified atom stereocenters. The smallest absolute Gasteiger partial charge is 0.349 e. The molecule has 1 aromatic carbocycles. The highest BCUT2D eigenvalue weighted by molar-refractivity contribution is 5.99. The average molecular weight is 234 g/mol. The average Bonchev–Trinajstić information content (AvgIpc) is 2.99. The maximum absolute atomic E-state index is 11.7. The summed E-state index contributed by atoms with van der Waals surface area (Å²) in [6.45, 7) is 3.72. The van der Waals surface area contributed by atoms with Gasteiger partial charge in [0.05, 0.1) is 5.92 Å². The molecule has 0 bridgehead atoms. The van der Waals surface area contributed by atoms with Crippen molar-refractivity contribution in [2.75, 3.05) is 0 Å². The van der Waals surface area contributed by atoms with Gasteiger partial charge >= 0.3 is 11.9 Å². The third-order valence-electron chi connectivity index (χ3n) is 2.98. The van der Waals surface area contributed by atoms with Gasteiger partial charge in [0, 0.05) is 0 Å². The van der Waals surface area contributed by atoms with E-state index in [4.69, 9.17) is 4.74 Å². The normalized spacial score (nSPS) is 22.0. The largest absolute Gasteiger partial charge is 0.507 e. The van der Waals surface area contributed by atoms with Crippen LogP contribution in [0.2, 0.25) is 0 Å². The third-order valence-corrected chi connectivity index (χ3v) is 2.98. The first-order valence-corrected chi connectivity index (χ1v) is 5.54. The van der Waals surface area contributed by atoms with Crippen molar-refractivity contribution in [2.24, 2.45) is 11.8 Å². The number of phenolic OH excluding ortho intramolecular Hbond substituents is 1. The number of hydrogen-bond donors (Lipinski definition) is 1. The standard InChI is InChI=1S/C13H14O4/c1-7-3-4-11(14)10(5-7)13(16)17-12(15)9-6-8(9)2/h3-5,8-9,14H,6H2,1-2H3. The van der Waals surface area contributed by atoms with E-state index in [9.17, 15) is 14.7 Å². The van der Waals surface area contributed by atoms with Gasteiger partial charge in [-0.05, 0) is 31.4 Å². The zero-order chi connectivity index (χ0) is 12.6. The van der Waals surface area contributed by atoms with E-state index < -0.39 is 11.9 Å². The lowest BCUT2D eigenvalue weighted by Crippen LogP contribution is -2.15. The monoisotopic (exact) mass is 234 g/mol. The van der Waals surface area contributed by atoms with Crippen LogP contribution in [0, 0.1) is 18.8 Å². The number of esters is 2. The fourth-order valence-corrected chi connectivity index (χ4v) is 1.69. The lowest BCUT2D eigenvalue weighted by molar-refractivity contribution is -0.139. The fourth-order valence-electron chi connectivity index (χ4n) is 1.69. The Hall–Kier alpha value is -1.84. The van der Waals surface area contributed by atoms with Crippen LogP contribution >= 0.6 is 0 Å². The number of carbonyl (C=O) groups is 2. The minimum atomic E-state index is -0.782. The second-order valence-electron chi connectivity index (χ2n) is 4.55. The number of rotatable bonds is 2. The molecule has 1 saturated carbocycles. The predicted octanol–water partition coefficient (Wildman–Crippen LogP) is 2.04. The Morgan fingerprint density at radius 2 is 2.06 bits per heavy atom. The lowest BCUT2D eigenvalue weighted by Gasteiger charge is -2.05. The summed E-state index contributed by atoms with van der Waals surface area (Å²) in [5, 5.41) is 9.51. The summed E-state index contributed by atoms with van der Waals surface area (Å²) >= 11 is 0. The van der Waals surface area contributed by atoms with Crippen LogP contribution in [0.15, 0.2) is 18.2 Å². The molecule has 2 atom stereocenters. The molecule has 0 saturated heterocycles. The summed E-state index contributed by atoms with van der Waals surface area (Å²) in [4.78, 5) is 23.1. The highest BCUT2D eigenvalue weighted by Gasteiger charge is 2.41. The first-order chi connectivity index (χ1) is 7.99. The Kier molecular flexibility index (Phi) is 2.88. The molecule has 0 heterocycles. The van der Waals surface area contributed by atoms with Crippen molar-refractivity contribution in [1.82, 2.24) is 0 Å². The van der Waals surface area contributed by atoms with Crippen LogP contribution in [0.25, 0.3) is 0 Å². The third kappa shape index (κ3) is 2.46. The molecule has 1 N–H and O–H groups in total. The number of carbonyl (C=O) groups excluding carboxylic acids is 2. The van der Waals surface area contributed by atoms with Gasteiger partial charge in [-0.15, -0.1) is 0 Å². The van der Waals surface area contributed by atoms with Crippen molar-refractivity contribution < 1.29 is 19.4 Å². The fraction of sp³-hybridized carbons (Fsp3) is 0.385. The summed E-state index contributed by atoms with van der Waals surface area (Å²) in [5.41, 5.74) is 0.855. The van der Waals surface area contributed by atoms with E-state index in [1.54, 1.807) is 13.0 Å². The lowest BCUT2D eigenvalue weighted by atomic mass is 10.1. The van der Waals surface area contributed by atoms with E-state index in [1.165, 1.54) is 12.1 Å². The minimum absolute atomic E-state index is 0.0339. The number of aromatic hydroxyl groups is 1. The molecular formula is C13H14O4. The van der Waals surface area contributed by atoms with Crippen LogP contribution in [-0.4, -0.2) is 17.0 Å². The van der Waals surface area contributed by atoms with Crippen molar-refractivity contribution in [3.05, 3.63) is 29.3 Å². The van der Waals surface area contributed by atoms with Crippen molar-refractivity contribution in [3.8, 4) is 5.75 Å². The Morgan fingerprint density at radius 3 is 2.65 bits per heavy atom. The minimum Gasteiger partial charge on any atom is -0.507 e. The Bertz CT molecular complexity index is 478. The number of aryl methyl sites for hydroxylation is 1. The number of benzene rings is 1. The highest BCUT2D eigenvalue weighted by atomic mass is 16.6. The topological polar surface area (TPSA) is 63.6 Å². The first-order valence-electron chi connectivity index (χ1n) is 5.54. The summed E-state index contributed by atoms with van der Waals surface area (Å²) in [6, 6.07) is 4.59. The number of phenols is 1. The molecule has 0 aromatic heterocycles. The van der Waals surface area contributed by atoms with E-state index in [-0.39, 0.29) is 17.2 Å². The molecule has 2 rings (SSSR count). The van der Waals surface area contributed by atoms with E-state index in [0.29, 0.717) is 5.92 Å². The second-order valence-corrected chi connectivity index (χ2v) is 4.55. The van der Waals surface area contributed by atoms with Gasteiger partial charge in [-0.25, -0.2) is 4.79 Å². The Labute approximate surface area is 99.2 Å². The quantitative estimate of drug-likeness (QED) is 0.628. The van der Waals surface area contributed by atoms with Gasteiger partial charge in [0.15, 0.2) is 0 Å². The second kappa shape index (κ2) is 4.20. The van der Waals surface area contributed by atoms with E-state index in [1.807, 2.05) is 6.92 Å². The molecular weight excluding hydrogens is 220 g/mol. The first kappa shape index (κ1) is 11.6. The molecule has 1 aliphatic rings. The van der Waals surface area contributed by atoms with Gasteiger partial charge in [0.25, 0.3) is 0 Å². The Morgan fingerprint density at radius 1 is 1.41 bits per heavy atom. The van der Waals surface area contributed by atoms with Crippen LogP contribution in [-0.2, 0) is 9.53 Å². The predicted molar refractivity (Wildman–Crippen MR) is 60.5 cm³/mol. The van der Waals surface area contributed by atoms with Gasteiger partial charge < -0.3 is 9.84 Å². The summed E-state index contributed by atoms with van der Waals surface area (Å²) in [5.74, 6) is -1.32. The van der Waals surface area contributed by atoms with E-state index >= 15 is 0 Å². The van der Waals surface area contributed by atoms with Crippen molar-refractivity contribution in [1.29, 1.82) is 0 Å². The molecule has 1 aromatic rings. The molecule has 0 radical (unpaired) electrons. The molecule has 1 fully saturated rings. The van der Waals surface area contributed by atoms with Crippen LogP contribution in [0.5, 0.6) is 5.75 Å². The van der Waals surface area contributed by atoms with Crippen molar-refractivity contribution in [2.45, 2.75) is 20.3 Å². The molecule has 1 aliphatic carbocycles.